The molecule has 1 aromatic heterocycles. The van der Waals surface area contributed by atoms with Crippen molar-refractivity contribution in [3.8, 4) is 11.3 Å². The molecule has 31 heavy (non-hydrogen) atoms. The summed E-state index contributed by atoms with van der Waals surface area (Å²) in [4.78, 5) is 30.7. The Labute approximate surface area is 196 Å². The van der Waals surface area contributed by atoms with E-state index in [-0.39, 0.29) is 30.5 Å². The van der Waals surface area contributed by atoms with Crippen LogP contribution in [-0.2, 0) is 14.3 Å². The van der Waals surface area contributed by atoms with Crippen molar-refractivity contribution in [3.63, 3.8) is 0 Å². The summed E-state index contributed by atoms with van der Waals surface area (Å²) in [5, 5.41) is 12.7. The van der Waals surface area contributed by atoms with Gasteiger partial charge in [-0.25, -0.2) is 4.98 Å². The number of carboxylic acid groups (broad SMARTS) is 1. The molecule has 0 bridgehead atoms. The summed E-state index contributed by atoms with van der Waals surface area (Å²) in [5.41, 5.74) is 1.30. The maximum Gasteiger partial charge on any atom is 0.304 e. The zero-order valence-corrected chi connectivity index (χ0v) is 20.0. The molecule has 1 aliphatic rings. The molecule has 0 saturated carbocycles. The number of carbonyl (C=O) groups excluding carboxylic acids is 1. The largest absolute Gasteiger partial charge is 0.481 e. The van der Waals surface area contributed by atoms with Crippen molar-refractivity contribution >= 4 is 51.5 Å². The second-order valence-corrected chi connectivity index (χ2v) is 9.84. The minimum atomic E-state index is -0.981. The number of amides is 1. The number of anilines is 1. The van der Waals surface area contributed by atoms with Crippen LogP contribution in [0.1, 0.15) is 39.5 Å². The number of hydrogen-bond acceptors (Lipinski definition) is 5. The first-order valence-electron chi connectivity index (χ1n) is 10.2. The summed E-state index contributed by atoms with van der Waals surface area (Å²) in [6.45, 7) is 4.03. The third-order valence-electron chi connectivity index (χ3n) is 5.50. The molecule has 1 saturated heterocycles. The van der Waals surface area contributed by atoms with Gasteiger partial charge in [-0.15, -0.1) is 11.3 Å². The van der Waals surface area contributed by atoms with Crippen LogP contribution in [0, 0.1) is 11.8 Å². The Hall–Kier alpha value is -1.67. The lowest BCUT2D eigenvalue weighted by molar-refractivity contribution is -0.141. The van der Waals surface area contributed by atoms with E-state index in [1.807, 2.05) is 19.2 Å². The maximum atomic E-state index is 13.2. The van der Waals surface area contributed by atoms with Gasteiger partial charge in [0.15, 0.2) is 5.13 Å². The van der Waals surface area contributed by atoms with E-state index < -0.39 is 11.9 Å². The van der Waals surface area contributed by atoms with Crippen LogP contribution in [0.4, 0.5) is 5.13 Å². The van der Waals surface area contributed by atoms with E-state index in [4.69, 9.17) is 27.9 Å². The Morgan fingerprint density at radius 1 is 1.29 bits per heavy atom. The van der Waals surface area contributed by atoms with Crippen molar-refractivity contribution < 1.29 is 19.4 Å². The molecular formula is C22H26Cl2N2O4S. The van der Waals surface area contributed by atoms with Crippen LogP contribution in [0.25, 0.3) is 11.3 Å². The highest BCUT2D eigenvalue weighted by Gasteiger charge is 2.33. The maximum absolute atomic E-state index is 13.2. The predicted octanol–water partition coefficient (Wildman–Crippen LogP) is 5.76. The standard InChI is InChI=1S/C22H26Cl2N2O4S/c1-12-6-14(7-13(2)30-12)8-15(9-20(27)28)21(29)26(3)22-25-19(11-31-22)17-10-16(23)4-5-18(17)24/h4-5,10-15H,6-9H2,1-3H3,(H,27,28)/t12-,13+,14?,15?. The van der Waals surface area contributed by atoms with Crippen LogP contribution < -0.4 is 4.90 Å². The highest BCUT2D eigenvalue weighted by Crippen LogP contribution is 2.35. The summed E-state index contributed by atoms with van der Waals surface area (Å²) in [6, 6.07) is 5.13. The van der Waals surface area contributed by atoms with Crippen molar-refractivity contribution in [2.45, 2.75) is 51.7 Å². The SMILES string of the molecule is C[C@@H]1CC(CC(CC(=O)O)C(=O)N(C)c2nc(-c3cc(Cl)ccc3Cl)cs2)C[C@H](C)O1. The lowest BCUT2D eigenvalue weighted by Crippen LogP contribution is -2.37. The van der Waals surface area contributed by atoms with Crippen molar-refractivity contribution in [2.75, 3.05) is 11.9 Å². The van der Waals surface area contributed by atoms with E-state index in [0.29, 0.717) is 32.9 Å². The van der Waals surface area contributed by atoms with E-state index in [9.17, 15) is 14.7 Å². The Kier molecular flexibility index (Phi) is 7.97. The molecule has 1 amide bonds. The van der Waals surface area contributed by atoms with Gasteiger partial charge in [0.1, 0.15) is 0 Å². The fraction of sp³-hybridized carbons (Fsp3) is 0.500. The smallest absolute Gasteiger partial charge is 0.304 e. The van der Waals surface area contributed by atoms with E-state index in [0.717, 1.165) is 12.8 Å². The highest BCUT2D eigenvalue weighted by atomic mass is 35.5. The van der Waals surface area contributed by atoms with Gasteiger partial charge in [-0.1, -0.05) is 23.2 Å². The quantitative estimate of drug-likeness (QED) is 0.539. The predicted molar refractivity (Wildman–Crippen MR) is 124 cm³/mol. The van der Waals surface area contributed by atoms with Crippen LogP contribution in [-0.4, -0.2) is 41.2 Å². The topological polar surface area (TPSA) is 79.7 Å². The molecule has 2 heterocycles. The summed E-state index contributed by atoms with van der Waals surface area (Å²) < 4.78 is 5.78. The van der Waals surface area contributed by atoms with Gasteiger partial charge in [0.05, 0.1) is 29.3 Å². The number of aromatic nitrogens is 1. The summed E-state index contributed by atoms with van der Waals surface area (Å²) in [7, 11) is 1.63. The summed E-state index contributed by atoms with van der Waals surface area (Å²) >= 11 is 13.7. The molecule has 1 aliphatic heterocycles. The van der Waals surface area contributed by atoms with Gasteiger partial charge in [-0.3, -0.25) is 14.5 Å². The zero-order valence-electron chi connectivity index (χ0n) is 17.7. The van der Waals surface area contributed by atoms with E-state index in [1.165, 1.54) is 16.2 Å². The summed E-state index contributed by atoms with van der Waals surface area (Å²) in [6.07, 6.45) is 2.18. The van der Waals surface area contributed by atoms with E-state index in [1.54, 1.807) is 25.2 Å². The molecule has 6 nitrogen and oxygen atoms in total. The Morgan fingerprint density at radius 2 is 1.97 bits per heavy atom. The van der Waals surface area contributed by atoms with Gasteiger partial charge in [0.25, 0.3) is 0 Å². The van der Waals surface area contributed by atoms with Gasteiger partial charge in [0.2, 0.25) is 5.91 Å². The number of benzene rings is 1. The monoisotopic (exact) mass is 484 g/mol. The second kappa shape index (κ2) is 10.3. The first kappa shape index (κ1) is 24.0. The third-order valence-corrected chi connectivity index (χ3v) is 6.98. The molecule has 9 heteroatoms. The molecular weight excluding hydrogens is 459 g/mol. The number of ether oxygens (including phenoxy) is 1. The van der Waals surface area contributed by atoms with Crippen LogP contribution in [0.2, 0.25) is 10.0 Å². The lowest BCUT2D eigenvalue weighted by atomic mass is 9.83. The molecule has 168 valence electrons. The molecule has 1 aromatic carbocycles. The molecule has 0 radical (unpaired) electrons. The Balaban J connectivity index is 1.77. The fourth-order valence-electron chi connectivity index (χ4n) is 4.22. The van der Waals surface area contributed by atoms with Crippen LogP contribution in [0.3, 0.4) is 0 Å². The minimum absolute atomic E-state index is 0.107. The van der Waals surface area contributed by atoms with Gasteiger partial charge in [0, 0.05) is 28.9 Å². The normalized spacial score (nSPS) is 22.2. The van der Waals surface area contributed by atoms with Crippen LogP contribution >= 0.6 is 34.5 Å². The van der Waals surface area contributed by atoms with Gasteiger partial charge < -0.3 is 9.84 Å². The summed E-state index contributed by atoms with van der Waals surface area (Å²) in [5.74, 6) is -1.59. The molecule has 2 unspecified atom stereocenters. The van der Waals surface area contributed by atoms with Gasteiger partial charge in [-0.2, -0.15) is 0 Å². The number of nitrogens with zero attached hydrogens (tertiary/aromatic N) is 2. The Morgan fingerprint density at radius 3 is 2.61 bits per heavy atom. The number of halogens is 2. The molecule has 1 fully saturated rings. The fourth-order valence-corrected chi connectivity index (χ4v) is 5.41. The first-order valence-corrected chi connectivity index (χ1v) is 11.8. The molecule has 1 N–H and O–H groups in total. The minimum Gasteiger partial charge on any atom is -0.481 e. The number of rotatable bonds is 7. The molecule has 0 aliphatic carbocycles. The van der Waals surface area contributed by atoms with Gasteiger partial charge in [-0.05, 0) is 57.2 Å². The first-order chi connectivity index (χ1) is 14.6. The number of carboxylic acids is 1. The molecule has 2 aromatic rings. The van der Waals surface area contributed by atoms with Crippen molar-refractivity contribution in [2.24, 2.45) is 11.8 Å². The highest BCUT2D eigenvalue weighted by molar-refractivity contribution is 7.14. The lowest BCUT2D eigenvalue weighted by Gasteiger charge is -2.34. The number of carbonyl (C=O) groups is 2. The van der Waals surface area contributed by atoms with Gasteiger partial charge >= 0.3 is 5.97 Å². The van der Waals surface area contributed by atoms with E-state index >= 15 is 0 Å². The average molecular weight is 485 g/mol. The van der Waals surface area contributed by atoms with E-state index in [2.05, 4.69) is 4.98 Å². The Bertz CT molecular complexity index is 941. The second-order valence-electron chi connectivity index (χ2n) is 8.16. The van der Waals surface area contributed by atoms with Crippen LogP contribution in [0.15, 0.2) is 23.6 Å². The molecule has 0 spiro atoms. The van der Waals surface area contributed by atoms with Crippen molar-refractivity contribution in [1.82, 2.24) is 4.98 Å². The number of aliphatic carboxylic acids is 1. The van der Waals surface area contributed by atoms with Crippen molar-refractivity contribution in [3.05, 3.63) is 33.6 Å². The molecule has 3 rings (SSSR count). The zero-order chi connectivity index (χ0) is 22.7. The van der Waals surface area contributed by atoms with Crippen LogP contribution in [0.5, 0.6) is 0 Å². The number of hydrogen-bond donors (Lipinski definition) is 1. The molecule has 4 atom stereocenters. The number of thiazole rings is 1. The average Bonchev–Trinajstić information content (AvgIpc) is 3.17. The third kappa shape index (κ3) is 6.19. The van der Waals surface area contributed by atoms with Crippen molar-refractivity contribution in [1.29, 1.82) is 0 Å².